The van der Waals surface area contributed by atoms with Crippen LogP contribution in [-0.2, 0) is 0 Å². The fourth-order valence-corrected chi connectivity index (χ4v) is 4.68. The van der Waals surface area contributed by atoms with Gasteiger partial charge in [-0.3, -0.25) is 9.78 Å². The highest BCUT2D eigenvalue weighted by molar-refractivity contribution is 8.00. The van der Waals surface area contributed by atoms with Crippen molar-refractivity contribution in [2.24, 2.45) is 5.92 Å². The van der Waals surface area contributed by atoms with Crippen molar-refractivity contribution in [3.8, 4) is 0 Å². The summed E-state index contributed by atoms with van der Waals surface area (Å²) in [5.74, 6) is 1.82. The lowest BCUT2D eigenvalue weighted by atomic mass is 10.0. The highest BCUT2D eigenvalue weighted by Gasteiger charge is 2.27. The van der Waals surface area contributed by atoms with Crippen LogP contribution in [0.1, 0.15) is 55.8 Å². The SMILES string of the molecule is CCCCC1CSC(NC(=O)NC(CCNC)CC(=O)c2cccnc2)C1. The first-order valence-electron chi connectivity index (χ1n) is 9.88. The first kappa shape index (κ1) is 21.7. The van der Waals surface area contributed by atoms with Crippen LogP contribution in [-0.4, -0.2) is 47.6 Å². The zero-order valence-electron chi connectivity index (χ0n) is 16.4. The second kappa shape index (κ2) is 12.0. The summed E-state index contributed by atoms with van der Waals surface area (Å²) in [4.78, 5) is 28.9. The van der Waals surface area contributed by atoms with Crippen molar-refractivity contribution < 1.29 is 9.59 Å². The smallest absolute Gasteiger partial charge is 0.315 e. The van der Waals surface area contributed by atoms with Gasteiger partial charge in [0.2, 0.25) is 0 Å². The molecule has 0 radical (unpaired) electrons. The van der Waals surface area contributed by atoms with Crippen LogP contribution in [0.4, 0.5) is 4.79 Å². The van der Waals surface area contributed by atoms with Crippen molar-refractivity contribution in [3.63, 3.8) is 0 Å². The minimum Gasteiger partial charge on any atom is -0.335 e. The van der Waals surface area contributed by atoms with Crippen LogP contribution in [0.15, 0.2) is 24.5 Å². The molecule has 7 heteroatoms. The average Bonchev–Trinajstić information content (AvgIpc) is 3.12. The number of hydrogen-bond acceptors (Lipinski definition) is 5. The van der Waals surface area contributed by atoms with E-state index >= 15 is 0 Å². The van der Waals surface area contributed by atoms with Crippen LogP contribution in [0, 0.1) is 5.92 Å². The number of urea groups is 1. The molecule has 0 saturated carbocycles. The minimum atomic E-state index is -0.201. The molecule has 150 valence electrons. The van der Waals surface area contributed by atoms with Crippen LogP contribution < -0.4 is 16.0 Å². The predicted octanol–water partition coefficient (Wildman–Crippen LogP) is 3.20. The highest BCUT2D eigenvalue weighted by atomic mass is 32.2. The number of aromatic nitrogens is 1. The zero-order valence-corrected chi connectivity index (χ0v) is 17.2. The number of thioether (sulfide) groups is 1. The lowest BCUT2D eigenvalue weighted by Crippen LogP contribution is -2.46. The molecule has 2 rings (SSSR count). The van der Waals surface area contributed by atoms with Crippen LogP contribution in [0.25, 0.3) is 0 Å². The lowest BCUT2D eigenvalue weighted by Gasteiger charge is -2.20. The summed E-state index contributed by atoms with van der Waals surface area (Å²) in [7, 11) is 1.87. The van der Waals surface area contributed by atoms with Gasteiger partial charge in [0, 0.05) is 30.4 Å². The van der Waals surface area contributed by atoms with Crippen molar-refractivity contribution >= 4 is 23.6 Å². The molecule has 0 aromatic carbocycles. The van der Waals surface area contributed by atoms with Gasteiger partial charge in [0.25, 0.3) is 0 Å². The van der Waals surface area contributed by atoms with Gasteiger partial charge in [-0.05, 0) is 56.7 Å². The Kier molecular flexibility index (Phi) is 9.62. The van der Waals surface area contributed by atoms with Crippen LogP contribution in [0.3, 0.4) is 0 Å². The molecule has 1 aromatic heterocycles. The Morgan fingerprint density at radius 2 is 2.26 bits per heavy atom. The van der Waals surface area contributed by atoms with Gasteiger partial charge in [0.15, 0.2) is 5.78 Å². The van der Waals surface area contributed by atoms with Crippen molar-refractivity contribution in [2.75, 3.05) is 19.3 Å². The number of nitrogens with one attached hydrogen (secondary N) is 3. The van der Waals surface area contributed by atoms with Crippen molar-refractivity contribution in [1.82, 2.24) is 20.9 Å². The maximum absolute atomic E-state index is 12.5. The summed E-state index contributed by atoms with van der Waals surface area (Å²) in [6, 6.07) is 3.13. The minimum absolute atomic E-state index is 0.000580. The van der Waals surface area contributed by atoms with E-state index in [1.54, 1.807) is 24.5 Å². The molecular weight excluding hydrogens is 360 g/mol. The Hall–Kier alpha value is -1.60. The second-order valence-electron chi connectivity index (χ2n) is 7.14. The van der Waals surface area contributed by atoms with E-state index in [1.165, 1.54) is 19.3 Å². The first-order chi connectivity index (χ1) is 13.1. The standard InChI is InChI=1S/C20H32N4O2S/c1-3-4-6-15-11-19(27-14-15)24-20(26)23-17(8-10-21-2)12-18(25)16-7-5-9-22-13-16/h5,7,9,13,15,17,19,21H,3-4,6,8,10-12,14H2,1-2H3,(H2,23,24,26). The summed E-state index contributed by atoms with van der Waals surface area (Å²) >= 11 is 1.83. The predicted molar refractivity (Wildman–Crippen MR) is 111 cm³/mol. The Morgan fingerprint density at radius 1 is 1.41 bits per heavy atom. The van der Waals surface area contributed by atoms with E-state index in [0.717, 1.165) is 18.7 Å². The molecule has 0 bridgehead atoms. The summed E-state index contributed by atoms with van der Waals surface area (Å²) in [5.41, 5.74) is 0.583. The quantitative estimate of drug-likeness (QED) is 0.504. The molecule has 6 nitrogen and oxygen atoms in total. The van der Waals surface area contributed by atoms with Crippen LogP contribution >= 0.6 is 11.8 Å². The molecule has 1 fully saturated rings. The zero-order chi connectivity index (χ0) is 19.5. The van der Waals surface area contributed by atoms with Gasteiger partial charge in [0.05, 0.1) is 5.37 Å². The molecule has 2 amide bonds. The summed E-state index contributed by atoms with van der Waals surface area (Å²) in [6.45, 7) is 2.95. The molecule has 27 heavy (non-hydrogen) atoms. The molecule has 1 aromatic rings. The monoisotopic (exact) mass is 392 g/mol. The largest absolute Gasteiger partial charge is 0.335 e. The molecule has 0 aliphatic carbocycles. The fourth-order valence-electron chi connectivity index (χ4n) is 3.27. The Balaban J connectivity index is 1.82. The molecule has 1 aliphatic heterocycles. The van der Waals surface area contributed by atoms with E-state index in [4.69, 9.17) is 0 Å². The highest BCUT2D eigenvalue weighted by Crippen LogP contribution is 2.32. The number of unbranched alkanes of at least 4 members (excludes halogenated alkanes) is 1. The van der Waals surface area contributed by atoms with Crippen molar-refractivity contribution in [1.29, 1.82) is 0 Å². The van der Waals surface area contributed by atoms with Crippen LogP contribution in [0.5, 0.6) is 0 Å². The van der Waals surface area contributed by atoms with Gasteiger partial charge in [0.1, 0.15) is 0 Å². The van der Waals surface area contributed by atoms with E-state index in [1.807, 2.05) is 18.8 Å². The van der Waals surface area contributed by atoms with E-state index in [-0.39, 0.29) is 29.7 Å². The maximum atomic E-state index is 12.5. The molecule has 0 spiro atoms. The number of rotatable bonds is 11. The van der Waals surface area contributed by atoms with Crippen molar-refractivity contribution in [3.05, 3.63) is 30.1 Å². The average molecular weight is 393 g/mol. The normalized spacial score (nSPS) is 20.2. The Morgan fingerprint density at radius 3 is 2.96 bits per heavy atom. The number of hydrogen-bond donors (Lipinski definition) is 3. The first-order valence-corrected chi connectivity index (χ1v) is 10.9. The van der Waals surface area contributed by atoms with Gasteiger partial charge in [-0.25, -0.2) is 4.79 Å². The Labute approximate surface area is 166 Å². The number of amides is 2. The molecule has 3 N–H and O–H groups in total. The van der Waals surface area contributed by atoms with E-state index in [2.05, 4.69) is 27.9 Å². The summed E-state index contributed by atoms with van der Waals surface area (Å²) in [6.07, 6.45) is 8.95. The number of Topliss-reactive ketones (excluding diaryl/α,β-unsaturated/α-hetero) is 1. The third kappa shape index (κ3) is 7.89. The molecule has 3 atom stereocenters. The molecule has 1 saturated heterocycles. The van der Waals surface area contributed by atoms with E-state index in [9.17, 15) is 9.59 Å². The third-order valence-corrected chi connectivity index (χ3v) is 6.21. The number of nitrogens with zero attached hydrogens (tertiary/aromatic N) is 1. The second-order valence-corrected chi connectivity index (χ2v) is 8.38. The topological polar surface area (TPSA) is 83.1 Å². The molecule has 3 unspecified atom stereocenters. The molecule has 1 aliphatic rings. The Bertz CT molecular complexity index is 585. The number of carbonyl (C=O) groups is 2. The lowest BCUT2D eigenvalue weighted by molar-refractivity contribution is 0.0969. The van der Waals surface area contributed by atoms with E-state index < -0.39 is 0 Å². The number of ketones is 1. The number of carbonyl (C=O) groups excluding carboxylic acids is 2. The van der Waals surface area contributed by atoms with Crippen LogP contribution in [0.2, 0.25) is 0 Å². The summed E-state index contributed by atoms with van der Waals surface area (Å²) in [5, 5.41) is 9.32. The fraction of sp³-hybridized carbons (Fsp3) is 0.650. The number of pyridine rings is 1. The summed E-state index contributed by atoms with van der Waals surface area (Å²) < 4.78 is 0. The third-order valence-electron chi connectivity index (χ3n) is 4.83. The van der Waals surface area contributed by atoms with Crippen molar-refractivity contribution in [2.45, 2.75) is 56.9 Å². The van der Waals surface area contributed by atoms with Gasteiger partial charge in [-0.2, -0.15) is 0 Å². The van der Waals surface area contributed by atoms with E-state index in [0.29, 0.717) is 17.9 Å². The molecule has 2 heterocycles. The molecular formula is C20H32N4O2S. The maximum Gasteiger partial charge on any atom is 0.315 e. The van der Waals surface area contributed by atoms with Gasteiger partial charge in [-0.15, -0.1) is 11.8 Å². The van der Waals surface area contributed by atoms with Gasteiger partial charge in [-0.1, -0.05) is 19.8 Å². The van der Waals surface area contributed by atoms with Gasteiger partial charge >= 0.3 is 6.03 Å². The van der Waals surface area contributed by atoms with Gasteiger partial charge < -0.3 is 16.0 Å².